The molecule has 4 nitrogen and oxygen atoms in total. The van der Waals surface area contributed by atoms with E-state index in [1.165, 1.54) is 23.5 Å². The predicted octanol–water partition coefficient (Wildman–Crippen LogP) is 2.60. The number of hydrogen-bond acceptors (Lipinski definition) is 4. The fourth-order valence-electron chi connectivity index (χ4n) is 2.30. The molecule has 1 heterocycles. The Bertz CT molecular complexity index is 654. The summed E-state index contributed by atoms with van der Waals surface area (Å²) in [4.78, 5) is 18.4. The third kappa shape index (κ3) is 3.58. The van der Waals surface area contributed by atoms with Gasteiger partial charge in [0.2, 0.25) is 5.91 Å². The number of anilines is 1. The van der Waals surface area contributed by atoms with Gasteiger partial charge in [0.05, 0.1) is 12.1 Å². The average Bonchev–Trinajstić information content (AvgIpc) is 3.20. The lowest BCUT2D eigenvalue weighted by Crippen LogP contribution is -2.33. The Kier molecular flexibility index (Phi) is 3.88. The highest BCUT2D eigenvalue weighted by atomic mass is 32.1. The van der Waals surface area contributed by atoms with Crippen molar-refractivity contribution in [1.29, 1.82) is 0 Å². The highest BCUT2D eigenvalue weighted by Gasteiger charge is 2.32. The topological polar surface area (TPSA) is 59.2 Å². The highest BCUT2D eigenvalue weighted by Crippen LogP contribution is 2.29. The van der Waals surface area contributed by atoms with Gasteiger partial charge in [-0.25, -0.2) is 9.37 Å². The zero-order chi connectivity index (χ0) is 14.8. The summed E-state index contributed by atoms with van der Waals surface area (Å²) in [6, 6.07) is 6.67. The van der Waals surface area contributed by atoms with E-state index in [0.717, 1.165) is 18.4 Å². The van der Waals surface area contributed by atoms with E-state index in [2.05, 4.69) is 4.98 Å². The van der Waals surface area contributed by atoms with Crippen molar-refractivity contribution in [3.63, 3.8) is 0 Å². The summed E-state index contributed by atoms with van der Waals surface area (Å²) in [7, 11) is 0. The van der Waals surface area contributed by atoms with Gasteiger partial charge in [0.1, 0.15) is 5.82 Å². The second kappa shape index (κ2) is 5.81. The van der Waals surface area contributed by atoms with Gasteiger partial charge in [0.25, 0.3) is 0 Å². The van der Waals surface area contributed by atoms with Crippen molar-refractivity contribution in [3.05, 3.63) is 46.7 Å². The van der Waals surface area contributed by atoms with Crippen LogP contribution in [0.1, 0.15) is 24.1 Å². The third-order valence-electron chi connectivity index (χ3n) is 3.45. The van der Waals surface area contributed by atoms with Crippen LogP contribution in [0.2, 0.25) is 0 Å². The van der Waals surface area contributed by atoms with E-state index >= 15 is 0 Å². The number of thiazole rings is 1. The van der Waals surface area contributed by atoms with Crippen LogP contribution >= 0.6 is 11.3 Å². The summed E-state index contributed by atoms with van der Waals surface area (Å²) in [6.07, 6.45) is 2.28. The van der Waals surface area contributed by atoms with Crippen LogP contribution in [-0.4, -0.2) is 21.8 Å². The van der Waals surface area contributed by atoms with Gasteiger partial charge in [0, 0.05) is 18.0 Å². The molecule has 1 aliphatic carbocycles. The second-order valence-corrected chi connectivity index (χ2v) is 6.13. The monoisotopic (exact) mass is 305 g/mol. The molecule has 1 amide bonds. The van der Waals surface area contributed by atoms with Crippen LogP contribution in [0.25, 0.3) is 0 Å². The number of aromatic nitrogens is 1. The van der Waals surface area contributed by atoms with Gasteiger partial charge in [-0.1, -0.05) is 12.1 Å². The smallest absolute Gasteiger partial charge is 0.229 e. The fraction of sp³-hybridized carbons (Fsp3) is 0.333. The molecule has 1 saturated carbocycles. The van der Waals surface area contributed by atoms with Crippen molar-refractivity contribution >= 4 is 22.4 Å². The maximum Gasteiger partial charge on any atom is 0.229 e. The van der Waals surface area contributed by atoms with Crippen molar-refractivity contribution < 1.29 is 9.18 Å². The van der Waals surface area contributed by atoms with Crippen LogP contribution in [0.5, 0.6) is 0 Å². The Balaban J connectivity index is 1.70. The molecular formula is C15H16FN3OS. The Morgan fingerprint density at radius 1 is 1.48 bits per heavy atom. The number of amides is 1. The van der Waals surface area contributed by atoms with Gasteiger partial charge >= 0.3 is 0 Å². The van der Waals surface area contributed by atoms with Crippen molar-refractivity contribution in [2.45, 2.75) is 31.8 Å². The number of nitrogens with zero attached hydrogens (tertiary/aromatic N) is 2. The summed E-state index contributed by atoms with van der Waals surface area (Å²) in [5.74, 6) is -0.255. The maximum atomic E-state index is 13.3. The van der Waals surface area contributed by atoms with Gasteiger partial charge in [0.15, 0.2) is 5.13 Å². The fourth-order valence-corrected chi connectivity index (χ4v) is 2.86. The Labute approximate surface area is 126 Å². The van der Waals surface area contributed by atoms with Crippen LogP contribution in [0.3, 0.4) is 0 Å². The molecule has 0 unspecified atom stereocenters. The number of halogens is 1. The average molecular weight is 305 g/mol. The van der Waals surface area contributed by atoms with Gasteiger partial charge in [-0.2, -0.15) is 0 Å². The summed E-state index contributed by atoms with van der Waals surface area (Å²) in [5.41, 5.74) is 7.10. The lowest BCUT2D eigenvalue weighted by Gasteiger charge is -2.22. The highest BCUT2D eigenvalue weighted by molar-refractivity contribution is 7.13. The molecule has 3 rings (SSSR count). The molecule has 0 atom stereocenters. The molecule has 0 saturated heterocycles. The largest absolute Gasteiger partial charge is 0.375 e. The molecule has 0 radical (unpaired) electrons. The second-order valence-electron chi connectivity index (χ2n) is 5.24. The minimum atomic E-state index is -0.275. The van der Waals surface area contributed by atoms with Crippen LogP contribution < -0.4 is 5.73 Å². The van der Waals surface area contributed by atoms with Gasteiger partial charge in [-0.3, -0.25) is 4.79 Å². The predicted molar refractivity (Wildman–Crippen MR) is 80.2 cm³/mol. The first-order valence-electron chi connectivity index (χ1n) is 6.85. The number of nitrogen functional groups attached to an aromatic ring is 1. The van der Waals surface area contributed by atoms with Crippen LogP contribution in [0.4, 0.5) is 9.52 Å². The van der Waals surface area contributed by atoms with E-state index in [4.69, 9.17) is 5.73 Å². The van der Waals surface area contributed by atoms with E-state index in [-0.39, 0.29) is 24.2 Å². The van der Waals surface area contributed by atoms with Crippen molar-refractivity contribution in [1.82, 2.24) is 9.88 Å². The molecule has 0 spiro atoms. The summed E-state index contributed by atoms with van der Waals surface area (Å²) in [6.45, 7) is 0.445. The molecular weight excluding hydrogens is 289 g/mol. The summed E-state index contributed by atoms with van der Waals surface area (Å²) in [5, 5.41) is 2.28. The first-order valence-corrected chi connectivity index (χ1v) is 7.73. The number of carbonyl (C=O) groups is 1. The first-order chi connectivity index (χ1) is 10.1. The number of hydrogen-bond donors (Lipinski definition) is 1. The lowest BCUT2D eigenvalue weighted by atomic mass is 10.2. The zero-order valence-corrected chi connectivity index (χ0v) is 12.3. The molecule has 0 bridgehead atoms. The molecule has 21 heavy (non-hydrogen) atoms. The molecule has 0 aliphatic heterocycles. The minimum Gasteiger partial charge on any atom is -0.375 e. The van der Waals surface area contributed by atoms with Crippen molar-refractivity contribution in [2.24, 2.45) is 0 Å². The van der Waals surface area contributed by atoms with E-state index < -0.39 is 0 Å². The minimum absolute atomic E-state index is 0.0204. The Morgan fingerprint density at radius 2 is 2.29 bits per heavy atom. The first kappa shape index (κ1) is 14.0. The van der Waals surface area contributed by atoms with Crippen molar-refractivity contribution in [3.8, 4) is 0 Å². The maximum absolute atomic E-state index is 13.3. The van der Waals surface area contributed by atoms with Gasteiger partial charge in [-0.15, -0.1) is 11.3 Å². The molecule has 6 heteroatoms. The molecule has 1 fully saturated rings. The molecule has 2 aromatic rings. The van der Waals surface area contributed by atoms with Gasteiger partial charge < -0.3 is 10.6 Å². The Hall–Kier alpha value is -1.95. The Morgan fingerprint density at radius 3 is 2.90 bits per heavy atom. The van der Waals surface area contributed by atoms with E-state index in [0.29, 0.717) is 17.4 Å². The van der Waals surface area contributed by atoms with E-state index in [1.807, 2.05) is 11.0 Å². The zero-order valence-electron chi connectivity index (χ0n) is 11.5. The standard InChI is InChI=1S/C15H16FN3OS/c16-11-3-1-2-10(6-11)8-19(13-4-5-13)14(20)7-12-9-21-15(17)18-12/h1-3,6,9,13H,4-5,7-8H2,(H2,17,18). The van der Waals surface area contributed by atoms with E-state index in [1.54, 1.807) is 11.4 Å². The van der Waals surface area contributed by atoms with Crippen LogP contribution in [0, 0.1) is 5.82 Å². The van der Waals surface area contributed by atoms with Crippen molar-refractivity contribution in [2.75, 3.05) is 5.73 Å². The number of carbonyl (C=O) groups excluding carboxylic acids is 1. The molecule has 110 valence electrons. The van der Waals surface area contributed by atoms with Crippen LogP contribution in [-0.2, 0) is 17.8 Å². The quantitative estimate of drug-likeness (QED) is 0.923. The third-order valence-corrected chi connectivity index (χ3v) is 4.17. The number of rotatable bonds is 5. The summed E-state index contributed by atoms with van der Waals surface area (Å²) >= 11 is 1.33. The SMILES string of the molecule is Nc1nc(CC(=O)N(Cc2cccc(F)c2)C2CC2)cs1. The summed E-state index contributed by atoms with van der Waals surface area (Å²) < 4.78 is 13.3. The molecule has 1 aromatic heterocycles. The lowest BCUT2D eigenvalue weighted by molar-refractivity contribution is -0.131. The number of nitrogens with two attached hydrogens (primary N) is 1. The van der Waals surface area contributed by atoms with E-state index in [9.17, 15) is 9.18 Å². The molecule has 2 N–H and O–H groups in total. The molecule has 1 aliphatic rings. The molecule has 1 aromatic carbocycles. The number of benzene rings is 1. The van der Waals surface area contributed by atoms with Crippen LogP contribution in [0.15, 0.2) is 29.6 Å². The normalized spacial score (nSPS) is 14.1. The van der Waals surface area contributed by atoms with Gasteiger partial charge in [-0.05, 0) is 30.5 Å².